The van der Waals surface area contributed by atoms with Crippen molar-refractivity contribution in [3.05, 3.63) is 47.3 Å². The molecule has 2 aromatic rings. The Morgan fingerprint density at radius 3 is 2.62 bits per heavy atom. The van der Waals surface area contributed by atoms with E-state index in [1.165, 1.54) is 17.2 Å². The Balaban J connectivity index is 1.95. The van der Waals surface area contributed by atoms with Gasteiger partial charge in [-0.15, -0.1) is 0 Å². The molecule has 0 bridgehead atoms. The van der Waals surface area contributed by atoms with Crippen molar-refractivity contribution in [2.45, 2.75) is 19.9 Å². The number of nitrogens with zero attached hydrogens (tertiary/aromatic N) is 3. The summed E-state index contributed by atoms with van der Waals surface area (Å²) in [6.45, 7) is 3.70. The molecular formula is C16H16F2N4O2. The summed E-state index contributed by atoms with van der Waals surface area (Å²) in [7, 11) is 0. The van der Waals surface area contributed by atoms with Crippen LogP contribution in [0.1, 0.15) is 23.0 Å². The fourth-order valence-corrected chi connectivity index (χ4v) is 2.73. The summed E-state index contributed by atoms with van der Waals surface area (Å²) in [6.07, 6.45) is 1.39. The van der Waals surface area contributed by atoms with Crippen LogP contribution in [0.4, 0.5) is 8.78 Å². The summed E-state index contributed by atoms with van der Waals surface area (Å²) in [5, 5.41) is 6.76. The molecule has 1 aromatic heterocycles. The number of nitrogens with one attached hydrogen (secondary N) is 1. The van der Waals surface area contributed by atoms with Crippen LogP contribution in [-0.4, -0.2) is 45.6 Å². The van der Waals surface area contributed by atoms with Crippen molar-refractivity contribution in [1.82, 2.24) is 20.0 Å². The summed E-state index contributed by atoms with van der Waals surface area (Å²) in [5.41, 5.74) is 0.199. The van der Waals surface area contributed by atoms with Crippen LogP contribution in [-0.2, 0) is 4.79 Å². The number of halogens is 2. The first kappa shape index (κ1) is 16.1. The molecule has 1 aromatic carbocycles. The number of hydrogen-bond donors (Lipinski definition) is 1. The largest absolute Gasteiger partial charge is 0.350 e. The zero-order chi connectivity index (χ0) is 17.4. The minimum absolute atomic E-state index is 0.0659. The molecule has 0 aliphatic carbocycles. The normalized spacial score (nSPS) is 17.8. The highest BCUT2D eigenvalue weighted by Gasteiger charge is 2.29. The quantitative estimate of drug-likeness (QED) is 0.903. The van der Waals surface area contributed by atoms with Crippen LogP contribution in [0.3, 0.4) is 0 Å². The molecule has 1 atom stereocenters. The number of carbonyl (C=O) groups is 2. The topological polar surface area (TPSA) is 67.2 Å². The van der Waals surface area contributed by atoms with Crippen molar-refractivity contribution >= 4 is 11.8 Å². The van der Waals surface area contributed by atoms with Crippen molar-refractivity contribution in [1.29, 1.82) is 0 Å². The van der Waals surface area contributed by atoms with Gasteiger partial charge in [-0.3, -0.25) is 9.59 Å². The Labute approximate surface area is 137 Å². The first-order chi connectivity index (χ1) is 11.4. The Morgan fingerprint density at radius 1 is 1.33 bits per heavy atom. The van der Waals surface area contributed by atoms with Gasteiger partial charge in [0, 0.05) is 24.3 Å². The molecule has 0 saturated carbocycles. The van der Waals surface area contributed by atoms with Crippen molar-refractivity contribution < 1.29 is 18.4 Å². The number of benzene rings is 1. The highest BCUT2D eigenvalue weighted by atomic mass is 19.1. The van der Waals surface area contributed by atoms with Crippen molar-refractivity contribution in [2.75, 3.05) is 13.1 Å². The van der Waals surface area contributed by atoms with Crippen LogP contribution < -0.4 is 5.32 Å². The summed E-state index contributed by atoms with van der Waals surface area (Å²) in [5.74, 6) is -2.24. The summed E-state index contributed by atoms with van der Waals surface area (Å²) >= 11 is 0. The lowest BCUT2D eigenvalue weighted by Crippen LogP contribution is -2.54. The van der Waals surface area contributed by atoms with Gasteiger partial charge in [0.15, 0.2) is 17.3 Å². The first-order valence-corrected chi connectivity index (χ1v) is 7.46. The summed E-state index contributed by atoms with van der Waals surface area (Å²) in [6, 6.07) is 3.33. The maximum absolute atomic E-state index is 13.9. The number of rotatable bonds is 2. The molecule has 1 unspecified atom stereocenters. The number of amides is 2. The van der Waals surface area contributed by atoms with Crippen molar-refractivity contribution in [3.8, 4) is 5.69 Å². The molecule has 24 heavy (non-hydrogen) atoms. The van der Waals surface area contributed by atoms with E-state index >= 15 is 0 Å². The average Bonchev–Trinajstić information content (AvgIpc) is 2.87. The Bertz CT molecular complexity index is 798. The van der Waals surface area contributed by atoms with Gasteiger partial charge in [0.2, 0.25) is 5.91 Å². The zero-order valence-corrected chi connectivity index (χ0v) is 13.2. The van der Waals surface area contributed by atoms with E-state index in [0.29, 0.717) is 12.1 Å². The molecule has 2 amide bonds. The third kappa shape index (κ3) is 2.86. The van der Waals surface area contributed by atoms with Crippen LogP contribution in [0.15, 0.2) is 24.4 Å². The van der Waals surface area contributed by atoms with E-state index in [-0.39, 0.29) is 29.9 Å². The third-order valence-corrected chi connectivity index (χ3v) is 3.79. The molecule has 2 heterocycles. The van der Waals surface area contributed by atoms with Gasteiger partial charge in [-0.25, -0.2) is 13.5 Å². The highest BCUT2D eigenvalue weighted by Crippen LogP contribution is 2.19. The molecule has 8 heteroatoms. The maximum Gasteiger partial charge on any atom is 0.275 e. The Kier molecular flexibility index (Phi) is 4.04. The van der Waals surface area contributed by atoms with E-state index in [4.69, 9.17) is 0 Å². The van der Waals surface area contributed by atoms with Gasteiger partial charge in [0.05, 0.1) is 6.54 Å². The standard InChI is InChI=1S/C16H16F2N4O2/c1-9-6-22(15-11(17)4-3-5-12(15)18)20-14(9)16(24)21-7-10(2)19-13(23)8-21/h3-6,10H,7-8H2,1-2H3,(H,19,23). The highest BCUT2D eigenvalue weighted by molar-refractivity contribution is 5.96. The van der Waals surface area contributed by atoms with Gasteiger partial charge in [-0.2, -0.15) is 5.10 Å². The summed E-state index contributed by atoms with van der Waals surface area (Å²) < 4.78 is 28.8. The van der Waals surface area contributed by atoms with E-state index in [9.17, 15) is 18.4 Å². The van der Waals surface area contributed by atoms with E-state index in [1.807, 2.05) is 0 Å². The fourth-order valence-electron chi connectivity index (χ4n) is 2.73. The second-order valence-corrected chi connectivity index (χ2v) is 5.83. The molecule has 1 fully saturated rings. The minimum atomic E-state index is -0.775. The molecular weight excluding hydrogens is 318 g/mol. The minimum Gasteiger partial charge on any atom is -0.350 e. The Morgan fingerprint density at radius 2 is 2.00 bits per heavy atom. The van der Waals surface area contributed by atoms with Crippen LogP contribution in [0.25, 0.3) is 5.69 Å². The maximum atomic E-state index is 13.9. The number of aromatic nitrogens is 2. The van der Waals surface area contributed by atoms with Crippen LogP contribution in [0.2, 0.25) is 0 Å². The van der Waals surface area contributed by atoms with Gasteiger partial charge in [0.1, 0.15) is 5.69 Å². The number of aryl methyl sites for hydroxylation is 1. The van der Waals surface area contributed by atoms with Gasteiger partial charge in [-0.05, 0) is 26.0 Å². The molecule has 3 rings (SSSR count). The number of piperazine rings is 1. The van der Waals surface area contributed by atoms with Gasteiger partial charge in [0.25, 0.3) is 5.91 Å². The zero-order valence-electron chi connectivity index (χ0n) is 13.2. The number of carbonyl (C=O) groups excluding carboxylic acids is 2. The summed E-state index contributed by atoms with van der Waals surface area (Å²) in [4.78, 5) is 25.6. The van der Waals surface area contributed by atoms with Crippen LogP contribution in [0.5, 0.6) is 0 Å². The fraction of sp³-hybridized carbons (Fsp3) is 0.312. The van der Waals surface area contributed by atoms with Crippen molar-refractivity contribution in [3.63, 3.8) is 0 Å². The number of hydrogen-bond acceptors (Lipinski definition) is 3. The molecule has 0 radical (unpaired) electrons. The predicted octanol–water partition coefficient (Wildman–Crippen LogP) is 1.42. The van der Waals surface area contributed by atoms with Crippen LogP contribution >= 0.6 is 0 Å². The molecule has 1 N–H and O–H groups in total. The number of para-hydroxylation sites is 1. The first-order valence-electron chi connectivity index (χ1n) is 7.46. The Hall–Kier alpha value is -2.77. The van der Waals surface area contributed by atoms with Crippen molar-refractivity contribution in [2.24, 2.45) is 0 Å². The second kappa shape index (κ2) is 6.03. The SMILES string of the molecule is Cc1cn(-c2c(F)cccc2F)nc1C(=O)N1CC(=O)NC(C)C1. The molecule has 6 nitrogen and oxygen atoms in total. The van der Waals surface area contributed by atoms with E-state index in [1.54, 1.807) is 13.8 Å². The lowest BCUT2D eigenvalue weighted by atomic mass is 10.2. The molecule has 1 aliphatic heterocycles. The predicted molar refractivity (Wildman–Crippen MR) is 81.7 cm³/mol. The molecule has 1 saturated heterocycles. The van der Waals surface area contributed by atoms with E-state index in [2.05, 4.69) is 10.4 Å². The van der Waals surface area contributed by atoms with Gasteiger partial charge < -0.3 is 10.2 Å². The van der Waals surface area contributed by atoms with E-state index in [0.717, 1.165) is 16.8 Å². The van der Waals surface area contributed by atoms with E-state index < -0.39 is 17.5 Å². The smallest absolute Gasteiger partial charge is 0.275 e. The molecule has 0 spiro atoms. The van der Waals surface area contributed by atoms with Gasteiger partial charge in [-0.1, -0.05) is 6.07 Å². The average molecular weight is 334 g/mol. The van der Waals surface area contributed by atoms with Crippen LogP contribution in [0, 0.1) is 18.6 Å². The molecule has 126 valence electrons. The monoisotopic (exact) mass is 334 g/mol. The lowest BCUT2D eigenvalue weighted by molar-refractivity contribution is -0.124. The van der Waals surface area contributed by atoms with Gasteiger partial charge >= 0.3 is 0 Å². The third-order valence-electron chi connectivity index (χ3n) is 3.79. The lowest BCUT2D eigenvalue weighted by Gasteiger charge is -2.30. The molecule has 1 aliphatic rings. The second-order valence-electron chi connectivity index (χ2n) is 5.83.